The Morgan fingerprint density at radius 1 is 1.12 bits per heavy atom. The first-order chi connectivity index (χ1) is 12.4. The molecule has 1 aliphatic carbocycles. The van der Waals surface area contributed by atoms with Crippen LogP contribution in [-0.2, 0) is 14.8 Å². The Bertz CT molecular complexity index is 736. The first-order valence-electron chi connectivity index (χ1n) is 9.44. The molecule has 1 aromatic carbocycles. The van der Waals surface area contributed by atoms with Crippen molar-refractivity contribution in [1.29, 1.82) is 0 Å². The summed E-state index contributed by atoms with van der Waals surface area (Å²) in [7, 11) is -3.56. The summed E-state index contributed by atoms with van der Waals surface area (Å²) in [6.07, 6.45) is 6.04. The molecule has 3 rings (SSSR count). The zero-order valence-corrected chi connectivity index (χ0v) is 17.6. The van der Waals surface area contributed by atoms with E-state index in [1.54, 1.807) is 24.3 Å². The Labute approximate surface area is 164 Å². The van der Waals surface area contributed by atoms with E-state index in [4.69, 9.17) is 0 Å². The van der Waals surface area contributed by atoms with Gasteiger partial charge in [-0.15, -0.1) is 0 Å². The van der Waals surface area contributed by atoms with Gasteiger partial charge < -0.3 is 5.32 Å². The third-order valence-electron chi connectivity index (χ3n) is 5.65. The van der Waals surface area contributed by atoms with Crippen LogP contribution in [0.2, 0.25) is 0 Å². The predicted octanol–water partition coefficient (Wildman–Crippen LogP) is 3.54. The van der Waals surface area contributed by atoms with Crippen LogP contribution in [0.4, 0.5) is 0 Å². The molecule has 2 fully saturated rings. The van der Waals surface area contributed by atoms with Gasteiger partial charge in [0.2, 0.25) is 15.9 Å². The van der Waals surface area contributed by atoms with Crippen molar-refractivity contribution < 1.29 is 13.2 Å². The maximum atomic E-state index is 12.9. The van der Waals surface area contributed by atoms with Gasteiger partial charge in [-0.05, 0) is 55.9 Å². The number of rotatable bonds is 4. The molecule has 2 aliphatic rings. The molecule has 7 heteroatoms. The number of halogens is 1. The molecule has 0 radical (unpaired) electrons. The second kappa shape index (κ2) is 8.40. The number of nitrogens with zero attached hydrogens (tertiary/aromatic N) is 1. The molecule has 1 aromatic rings. The zero-order chi connectivity index (χ0) is 18.7. The van der Waals surface area contributed by atoms with E-state index in [0.717, 1.165) is 30.2 Å². The molecule has 1 saturated carbocycles. The van der Waals surface area contributed by atoms with Gasteiger partial charge in [0, 0.05) is 23.6 Å². The molecule has 3 atom stereocenters. The van der Waals surface area contributed by atoms with Crippen LogP contribution < -0.4 is 5.32 Å². The SMILES string of the molecule is C[C@@H]1CCCC[C@H]1NC(=O)[C@H]1CCCN(S(=O)(=O)c2ccc(Br)cc2)C1. The maximum Gasteiger partial charge on any atom is 0.243 e. The molecule has 1 N–H and O–H groups in total. The number of benzene rings is 1. The average molecular weight is 443 g/mol. The summed E-state index contributed by atoms with van der Waals surface area (Å²) in [5, 5.41) is 3.19. The quantitative estimate of drug-likeness (QED) is 0.774. The van der Waals surface area contributed by atoms with E-state index in [1.807, 2.05) is 0 Å². The van der Waals surface area contributed by atoms with Crippen molar-refractivity contribution in [3.05, 3.63) is 28.7 Å². The number of sulfonamides is 1. The van der Waals surface area contributed by atoms with Gasteiger partial charge in [-0.2, -0.15) is 4.31 Å². The van der Waals surface area contributed by atoms with Gasteiger partial charge >= 0.3 is 0 Å². The number of hydrogen-bond acceptors (Lipinski definition) is 3. The lowest BCUT2D eigenvalue weighted by Gasteiger charge is -2.34. The Kier molecular flexibility index (Phi) is 6.41. The van der Waals surface area contributed by atoms with Crippen LogP contribution in [0, 0.1) is 11.8 Å². The highest BCUT2D eigenvalue weighted by Gasteiger charge is 2.34. The lowest BCUT2D eigenvalue weighted by atomic mass is 9.85. The van der Waals surface area contributed by atoms with Crippen molar-refractivity contribution in [2.45, 2.75) is 56.4 Å². The fraction of sp³-hybridized carbons (Fsp3) is 0.632. The minimum atomic E-state index is -3.56. The van der Waals surface area contributed by atoms with Crippen molar-refractivity contribution in [1.82, 2.24) is 9.62 Å². The van der Waals surface area contributed by atoms with Crippen LogP contribution in [0.5, 0.6) is 0 Å². The van der Waals surface area contributed by atoms with Crippen LogP contribution in [0.15, 0.2) is 33.6 Å². The fourth-order valence-corrected chi connectivity index (χ4v) is 5.75. The maximum absolute atomic E-state index is 12.9. The molecule has 0 unspecified atom stereocenters. The van der Waals surface area contributed by atoms with E-state index in [9.17, 15) is 13.2 Å². The third-order valence-corrected chi connectivity index (χ3v) is 8.05. The van der Waals surface area contributed by atoms with Crippen LogP contribution in [0.25, 0.3) is 0 Å². The molecule has 144 valence electrons. The van der Waals surface area contributed by atoms with Crippen molar-refractivity contribution in [3.63, 3.8) is 0 Å². The molecule has 1 heterocycles. The van der Waals surface area contributed by atoms with Gasteiger partial charge in [0.25, 0.3) is 0 Å². The first-order valence-corrected chi connectivity index (χ1v) is 11.7. The molecule has 1 amide bonds. The number of hydrogen-bond donors (Lipinski definition) is 1. The highest BCUT2D eigenvalue weighted by Crippen LogP contribution is 2.27. The predicted molar refractivity (Wildman–Crippen MR) is 105 cm³/mol. The second-order valence-corrected chi connectivity index (χ2v) is 10.4. The summed E-state index contributed by atoms with van der Waals surface area (Å²) in [6, 6.07) is 6.89. The van der Waals surface area contributed by atoms with Gasteiger partial charge in [-0.25, -0.2) is 8.42 Å². The topological polar surface area (TPSA) is 66.5 Å². The van der Waals surface area contributed by atoms with E-state index in [0.29, 0.717) is 18.9 Å². The minimum Gasteiger partial charge on any atom is -0.353 e. The standard InChI is InChI=1S/C19H27BrN2O3S/c1-14-5-2-3-7-18(14)21-19(23)15-6-4-12-22(13-15)26(24,25)17-10-8-16(20)9-11-17/h8-11,14-15,18H,2-7,12-13H2,1H3,(H,21,23)/t14-,15+,18-/m1/s1. The monoisotopic (exact) mass is 442 g/mol. The fourth-order valence-electron chi connectivity index (χ4n) is 3.96. The largest absolute Gasteiger partial charge is 0.353 e. The first kappa shape index (κ1) is 19.8. The molecule has 5 nitrogen and oxygen atoms in total. The number of amides is 1. The number of carbonyl (C=O) groups is 1. The Morgan fingerprint density at radius 2 is 1.81 bits per heavy atom. The number of nitrogens with one attached hydrogen (secondary N) is 1. The van der Waals surface area contributed by atoms with Crippen molar-refractivity contribution in [3.8, 4) is 0 Å². The van der Waals surface area contributed by atoms with E-state index in [2.05, 4.69) is 28.2 Å². The normalized spacial score (nSPS) is 27.8. The highest BCUT2D eigenvalue weighted by molar-refractivity contribution is 9.10. The summed E-state index contributed by atoms with van der Waals surface area (Å²) in [5.74, 6) is 0.251. The van der Waals surface area contributed by atoms with E-state index in [1.165, 1.54) is 10.7 Å². The minimum absolute atomic E-state index is 0.0134. The summed E-state index contributed by atoms with van der Waals surface area (Å²) < 4.78 is 28.1. The highest BCUT2D eigenvalue weighted by atomic mass is 79.9. The molecular weight excluding hydrogens is 416 g/mol. The van der Waals surface area contributed by atoms with Crippen molar-refractivity contribution in [2.24, 2.45) is 11.8 Å². The van der Waals surface area contributed by atoms with E-state index < -0.39 is 10.0 Å². The van der Waals surface area contributed by atoms with E-state index >= 15 is 0 Å². The molecule has 0 spiro atoms. The summed E-state index contributed by atoms with van der Waals surface area (Å²) in [4.78, 5) is 13.0. The Morgan fingerprint density at radius 3 is 2.50 bits per heavy atom. The van der Waals surface area contributed by atoms with Crippen LogP contribution in [0.1, 0.15) is 45.4 Å². The summed E-state index contributed by atoms with van der Waals surface area (Å²) >= 11 is 3.33. The van der Waals surface area contributed by atoms with E-state index in [-0.39, 0.29) is 29.3 Å². The number of piperidine rings is 1. The molecule has 26 heavy (non-hydrogen) atoms. The second-order valence-electron chi connectivity index (χ2n) is 7.53. The van der Waals surface area contributed by atoms with Gasteiger partial charge in [0.05, 0.1) is 10.8 Å². The Hall–Kier alpha value is -0.920. The molecular formula is C19H27BrN2O3S. The smallest absolute Gasteiger partial charge is 0.243 e. The van der Waals surface area contributed by atoms with Crippen LogP contribution in [0.3, 0.4) is 0 Å². The van der Waals surface area contributed by atoms with Crippen LogP contribution in [-0.4, -0.2) is 37.8 Å². The zero-order valence-electron chi connectivity index (χ0n) is 15.2. The molecule has 0 aromatic heterocycles. The van der Waals surface area contributed by atoms with Gasteiger partial charge in [-0.1, -0.05) is 35.7 Å². The molecule has 0 bridgehead atoms. The summed E-state index contributed by atoms with van der Waals surface area (Å²) in [6.45, 7) is 2.93. The molecule has 1 aliphatic heterocycles. The lowest BCUT2D eigenvalue weighted by molar-refractivity contribution is -0.127. The number of carbonyl (C=O) groups excluding carboxylic acids is 1. The van der Waals surface area contributed by atoms with Crippen LogP contribution >= 0.6 is 15.9 Å². The van der Waals surface area contributed by atoms with Gasteiger partial charge in [0.1, 0.15) is 0 Å². The van der Waals surface area contributed by atoms with Crippen molar-refractivity contribution in [2.75, 3.05) is 13.1 Å². The summed E-state index contributed by atoms with van der Waals surface area (Å²) in [5.41, 5.74) is 0. The van der Waals surface area contributed by atoms with Gasteiger partial charge in [0.15, 0.2) is 0 Å². The molecule has 1 saturated heterocycles. The van der Waals surface area contributed by atoms with Gasteiger partial charge in [-0.3, -0.25) is 4.79 Å². The Balaban J connectivity index is 1.66. The third kappa shape index (κ3) is 4.49. The average Bonchev–Trinajstić information content (AvgIpc) is 2.64. The van der Waals surface area contributed by atoms with Crippen molar-refractivity contribution >= 4 is 31.9 Å². The lowest BCUT2D eigenvalue weighted by Crippen LogP contribution is -2.49.